The van der Waals surface area contributed by atoms with Gasteiger partial charge in [0.1, 0.15) is 0 Å². The fourth-order valence-electron chi connectivity index (χ4n) is 5.53. The molecule has 5 heteroatoms. The minimum atomic E-state index is 0.102. The number of hydrogen-bond acceptors (Lipinski definition) is 5. The number of likely N-dealkylation sites (N-methyl/N-ethyl adjacent to an activating group) is 2. The molecule has 0 aliphatic heterocycles. The van der Waals surface area contributed by atoms with E-state index in [2.05, 4.69) is 117 Å². The van der Waals surface area contributed by atoms with Crippen LogP contribution in [0.25, 0.3) is 0 Å². The lowest BCUT2D eigenvalue weighted by atomic mass is 9.81. The van der Waals surface area contributed by atoms with E-state index in [1.54, 1.807) is 0 Å². The van der Waals surface area contributed by atoms with Crippen molar-refractivity contribution in [2.75, 3.05) is 67.2 Å². The molecule has 0 fully saturated rings. The highest BCUT2D eigenvalue weighted by molar-refractivity contribution is 5.59. The molecule has 3 aromatic carbocycles. The second-order valence-corrected chi connectivity index (χ2v) is 9.89. The first kappa shape index (κ1) is 29.5. The monoisotopic (exact) mass is 517 g/mol. The van der Waals surface area contributed by atoms with E-state index in [1.165, 1.54) is 33.5 Å². The first-order chi connectivity index (χ1) is 18.4. The first-order valence-electron chi connectivity index (χ1n) is 14.2. The molecular weight excluding hydrogens is 470 g/mol. The van der Waals surface area contributed by atoms with Crippen molar-refractivity contribution >= 4 is 17.1 Å². The van der Waals surface area contributed by atoms with Crippen LogP contribution in [0.2, 0.25) is 0 Å². The molecule has 5 nitrogen and oxygen atoms in total. The molecule has 0 radical (unpaired) electrons. The largest absolute Gasteiger partial charge is 0.395 e. The molecule has 3 rings (SSSR count). The SMILES string of the molecule is CCN(CC)c1ccc(C(c2ccc(N(CC)CCO)cc2C)c2ccc(N(CC)CCO)cc2C)cc1. The first-order valence-corrected chi connectivity index (χ1v) is 14.2. The summed E-state index contributed by atoms with van der Waals surface area (Å²) in [4.78, 5) is 6.80. The number of hydrogen-bond donors (Lipinski definition) is 2. The Labute approximate surface area is 230 Å². The summed E-state index contributed by atoms with van der Waals surface area (Å²) in [5.74, 6) is 0.102. The lowest BCUT2D eigenvalue weighted by Gasteiger charge is -2.28. The maximum Gasteiger partial charge on any atom is 0.0606 e. The van der Waals surface area contributed by atoms with Gasteiger partial charge in [0.2, 0.25) is 0 Å². The van der Waals surface area contributed by atoms with Crippen molar-refractivity contribution in [1.82, 2.24) is 0 Å². The summed E-state index contributed by atoms with van der Waals surface area (Å²) >= 11 is 0. The summed E-state index contributed by atoms with van der Waals surface area (Å²) in [5.41, 5.74) is 9.90. The van der Waals surface area contributed by atoms with Crippen LogP contribution >= 0.6 is 0 Å². The number of rotatable bonds is 14. The maximum atomic E-state index is 9.52. The highest BCUT2D eigenvalue weighted by atomic mass is 16.3. The molecule has 0 heterocycles. The van der Waals surface area contributed by atoms with Gasteiger partial charge in [-0.1, -0.05) is 24.3 Å². The Bertz CT molecular complexity index is 1080. The fourth-order valence-corrected chi connectivity index (χ4v) is 5.53. The second kappa shape index (κ2) is 14.2. The van der Waals surface area contributed by atoms with Crippen molar-refractivity contribution in [3.8, 4) is 0 Å². The van der Waals surface area contributed by atoms with Gasteiger partial charge in [0, 0.05) is 62.2 Å². The molecule has 3 aromatic rings. The van der Waals surface area contributed by atoms with Gasteiger partial charge in [-0.05, 0) is 106 Å². The van der Waals surface area contributed by atoms with Crippen molar-refractivity contribution in [3.63, 3.8) is 0 Å². The van der Waals surface area contributed by atoms with E-state index < -0.39 is 0 Å². The van der Waals surface area contributed by atoms with Crippen LogP contribution in [0.4, 0.5) is 17.1 Å². The topological polar surface area (TPSA) is 50.2 Å². The minimum Gasteiger partial charge on any atom is -0.395 e. The number of aliphatic hydroxyl groups is 2. The Morgan fingerprint density at radius 3 is 1.29 bits per heavy atom. The highest BCUT2D eigenvalue weighted by Crippen LogP contribution is 2.38. The van der Waals surface area contributed by atoms with E-state index in [0.29, 0.717) is 13.1 Å². The van der Waals surface area contributed by atoms with E-state index in [-0.39, 0.29) is 19.1 Å². The van der Waals surface area contributed by atoms with Crippen molar-refractivity contribution in [1.29, 1.82) is 0 Å². The van der Waals surface area contributed by atoms with Crippen molar-refractivity contribution in [2.45, 2.75) is 47.5 Å². The Kier molecular flexibility index (Phi) is 11.1. The quantitative estimate of drug-likeness (QED) is 0.258. The molecule has 0 aliphatic carbocycles. The molecule has 0 amide bonds. The van der Waals surface area contributed by atoms with E-state index in [0.717, 1.165) is 37.6 Å². The van der Waals surface area contributed by atoms with Gasteiger partial charge >= 0.3 is 0 Å². The molecule has 206 valence electrons. The number of nitrogens with zero attached hydrogens (tertiary/aromatic N) is 3. The minimum absolute atomic E-state index is 0.102. The van der Waals surface area contributed by atoms with Crippen LogP contribution in [0.15, 0.2) is 60.7 Å². The number of aryl methyl sites for hydroxylation is 2. The van der Waals surface area contributed by atoms with Gasteiger partial charge in [-0.2, -0.15) is 0 Å². The lowest BCUT2D eigenvalue weighted by molar-refractivity contribution is 0.302. The van der Waals surface area contributed by atoms with Crippen LogP contribution in [0, 0.1) is 13.8 Å². The van der Waals surface area contributed by atoms with Gasteiger partial charge in [0.25, 0.3) is 0 Å². The van der Waals surface area contributed by atoms with Crippen LogP contribution in [0.1, 0.15) is 61.4 Å². The third-order valence-electron chi connectivity index (χ3n) is 7.72. The van der Waals surface area contributed by atoms with E-state index in [1.807, 2.05) is 0 Å². The average molecular weight is 518 g/mol. The Balaban J connectivity index is 2.12. The van der Waals surface area contributed by atoms with Crippen LogP contribution in [-0.4, -0.2) is 62.7 Å². The van der Waals surface area contributed by atoms with Gasteiger partial charge in [0.05, 0.1) is 13.2 Å². The third kappa shape index (κ3) is 6.69. The molecule has 38 heavy (non-hydrogen) atoms. The average Bonchev–Trinajstić information content (AvgIpc) is 2.93. The smallest absolute Gasteiger partial charge is 0.0606 e. The van der Waals surface area contributed by atoms with E-state index >= 15 is 0 Å². The summed E-state index contributed by atoms with van der Waals surface area (Å²) < 4.78 is 0. The third-order valence-corrected chi connectivity index (χ3v) is 7.72. The Morgan fingerprint density at radius 1 is 0.553 bits per heavy atom. The Hall–Kier alpha value is -3.02. The van der Waals surface area contributed by atoms with Gasteiger partial charge in [-0.15, -0.1) is 0 Å². The van der Waals surface area contributed by atoms with E-state index in [9.17, 15) is 10.2 Å². The van der Waals surface area contributed by atoms with Crippen molar-refractivity contribution in [2.24, 2.45) is 0 Å². The summed E-state index contributed by atoms with van der Waals surface area (Å²) in [7, 11) is 0. The van der Waals surface area contributed by atoms with Crippen molar-refractivity contribution in [3.05, 3.63) is 88.5 Å². The van der Waals surface area contributed by atoms with Crippen LogP contribution < -0.4 is 14.7 Å². The van der Waals surface area contributed by atoms with Gasteiger partial charge in [-0.3, -0.25) is 0 Å². The highest BCUT2D eigenvalue weighted by Gasteiger charge is 2.22. The predicted octanol–water partition coefficient (Wildman–Crippen LogP) is 5.97. The molecule has 0 aromatic heterocycles. The summed E-state index contributed by atoms with van der Waals surface area (Å²) in [6.07, 6.45) is 0. The van der Waals surface area contributed by atoms with Gasteiger partial charge in [0.15, 0.2) is 0 Å². The predicted molar refractivity (Wildman–Crippen MR) is 163 cm³/mol. The normalized spacial score (nSPS) is 11.2. The zero-order valence-corrected chi connectivity index (χ0v) is 24.2. The fraction of sp³-hybridized carbons (Fsp3) is 0.455. The van der Waals surface area contributed by atoms with E-state index in [4.69, 9.17) is 0 Å². The zero-order chi connectivity index (χ0) is 27.7. The number of anilines is 3. The summed E-state index contributed by atoms with van der Waals surface area (Å²) in [6.45, 7) is 18.3. The molecule has 0 unspecified atom stereocenters. The lowest BCUT2D eigenvalue weighted by Crippen LogP contribution is -2.26. The van der Waals surface area contributed by atoms with Crippen LogP contribution in [0.5, 0.6) is 0 Å². The van der Waals surface area contributed by atoms with Gasteiger partial charge in [-0.25, -0.2) is 0 Å². The summed E-state index contributed by atoms with van der Waals surface area (Å²) in [6, 6.07) is 22.5. The molecule has 0 saturated heterocycles. The standard InChI is InChI=1S/C33H47N3O2/c1-7-34(8-2)28-13-11-27(12-14-28)33(31-17-15-29(23-25(31)5)35(9-3)19-21-37)32-18-16-30(24-26(32)6)36(10-4)20-22-38/h11-18,23-24,33,37-38H,7-10,19-22H2,1-6H3. The Morgan fingerprint density at radius 2 is 0.947 bits per heavy atom. The molecule has 0 bridgehead atoms. The maximum absolute atomic E-state index is 9.52. The second-order valence-electron chi connectivity index (χ2n) is 9.89. The molecule has 0 spiro atoms. The zero-order valence-electron chi connectivity index (χ0n) is 24.2. The van der Waals surface area contributed by atoms with Crippen molar-refractivity contribution < 1.29 is 10.2 Å². The van der Waals surface area contributed by atoms with Crippen LogP contribution in [-0.2, 0) is 0 Å². The molecule has 0 atom stereocenters. The molecule has 2 N–H and O–H groups in total. The number of benzene rings is 3. The van der Waals surface area contributed by atoms with Crippen LogP contribution in [0.3, 0.4) is 0 Å². The number of aliphatic hydroxyl groups excluding tert-OH is 2. The summed E-state index contributed by atoms with van der Waals surface area (Å²) in [5, 5.41) is 19.0. The molecule has 0 aliphatic rings. The molecular formula is C33H47N3O2. The van der Waals surface area contributed by atoms with Gasteiger partial charge < -0.3 is 24.9 Å². The molecule has 0 saturated carbocycles.